The molecule has 4 aliphatic rings. The zero-order valence-corrected chi connectivity index (χ0v) is 15.3. The molecule has 0 heterocycles. The van der Waals surface area contributed by atoms with Gasteiger partial charge in [-0.15, -0.1) is 0 Å². The molecule has 0 unspecified atom stereocenters. The molecule has 0 aromatic carbocycles. The molecule has 0 amide bonds. The third kappa shape index (κ3) is 1.82. The van der Waals surface area contributed by atoms with Gasteiger partial charge in [-0.25, -0.2) is 9.18 Å². The van der Waals surface area contributed by atoms with Crippen LogP contribution in [0.4, 0.5) is 4.39 Å². The van der Waals surface area contributed by atoms with Gasteiger partial charge in [0.15, 0.2) is 5.60 Å². The highest BCUT2D eigenvalue weighted by Gasteiger charge is 2.74. The molecule has 6 heteroatoms. The van der Waals surface area contributed by atoms with Crippen LogP contribution in [0.15, 0.2) is 11.6 Å². The van der Waals surface area contributed by atoms with Crippen molar-refractivity contribution in [3.8, 4) is 0 Å². The molecule has 0 aromatic rings. The molecule has 3 saturated carbocycles. The first kappa shape index (κ1) is 18.1. The highest BCUT2D eigenvalue weighted by molar-refractivity contribution is 5.83. The third-order valence-electron chi connectivity index (χ3n) is 8.53. The van der Waals surface area contributed by atoms with Crippen LogP contribution >= 0.6 is 0 Å². The van der Waals surface area contributed by atoms with E-state index in [2.05, 4.69) is 0 Å². The Kier molecular flexibility index (Phi) is 3.60. The highest BCUT2D eigenvalue weighted by atomic mass is 19.1. The van der Waals surface area contributed by atoms with Gasteiger partial charge in [0.05, 0.1) is 6.10 Å². The lowest BCUT2D eigenvalue weighted by atomic mass is 9.44. The molecule has 4 aliphatic carbocycles. The number of fused-ring (bicyclic) bond motifs is 5. The summed E-state index contributed by atoms with van der Waals surface area (Å²) in [5.41, 5.74) is -5.03. The lowest BCUT2D eigenvalue weighted by molar-refractivity contribution is -0.226. The molecular formula is C20H27FO5. The lowest BCUT2D eigenvalue weighted by Crippen LogP contribution is -2.69. The van der Waals surface area contributed by atoms with Gasteiger partial charge in [0.2, 0.25) is 0 Å². The molecule has 0 saturated heterocycles. The van der Waals surface area contributed by atoms with Crippen molar-refractivity contribution in [2.75, 3.05) is 0 Å². The van der Waals surface area contributed by atoms with Crippen molar-refractivity contribution in [3.63, 3.8) is 0 Å². The highest BCUT2D eigenvalue weighted by Crippen LogP contribution is 2.69. The van der Waals surface area contributed by atoms with Gasteiger partial charge in [-0.05, 0) is 38.0 Å². The molecule has 26 heavy (non-hydrogen) atoms. The Morgan fingerprint density at radius 2 is 1.96 bits per heavy atom. The quantitative estimate of drug-likeness (QED) is 0.620. The minimum absolute atomic E-state index is 0.0779. The summed E-state index contributed by atoms with van der Waals surface area (Å²) in [4.78, 5) is 23.7. The van der Waals surface area contributed by atoms with Gasteiger partial charge < -0.3 is 15.3 Å². The van der Waals surface area contributed by atoms with Crippen molar-refractivity contribution in [2.24, 2.45) is 22.7 Å². The minimum Gasteiger partial charge on any atom is -0.479 e. The Morgan fingerprint density at radius 3 is 2.62 bits per heavy atom. The summed E-state index contributed by atoms with van der Waals surface area (Å²) in [7, 11) is 0. The normalized spacial score (nSPS) is 53.3. The summed E-state index contributed by atoms with van der Waals surface area (Å²) in [5, 5.41) is 31.4. The van der Waals surface area contributed by atoms with E-state index in [1.165, 1.54) is 0 Å². The number of aliphatic carboxylic acids is 1. The molecule has 5 nitrogen and oxygen atoms in total. The van der Waals surface area contributed by atoms with Gasteiger partial charge in [0.1, 0.15) is 11.5 Å². The van der Waals surface area contributed by atoms with Gasteiger partial charge >= 0.3 is 5.97 Å². The van der Waals surface area contributed by atoms with E-state index in [1.807, 2.05) is 13.0 Å². The molecule has 3 N–H and O–H groups in total. The van der Waals surface area contributed by atoms with Crippen molar-refractivity contribution in [1.29, 1.82) is 0 Å². The second kappa shape index (κ2) is 5.16. The van der Waals surface area contributed by atoms with Gasteiger partial charge in [0, 0.05) is 29.6 Å². The van der Waals surface area contributed by atoms with Gasteiger partial charge in [-0.2, -0.15) is 0 Å². The van der Waals surface area contributed by atoms with Crippen LogP contribution < -0.4 is 0 Å². The Hall–Kier alpha value is -1.27. The molecular weight excluding hydrogens is 339 g/mol. The number of carbonyl (C=O) groups excluding carboxylic acids is 1. The fraction of sp³-hybridized carbons (Fsp3) is 0.800. The van der Waals surface area contributed by atoms with E-state index < -0.39 is 40.1 Å². The van der Waals surface area contributed by atoms with E-state index in [0.29, 0.717) is 25.7 Å². The van der Waals surface area contributed by atoms with Crippen molar-refractivity contribution in [1.82, 2.24) is 0 Å². The van der Waals surface area contributed by atoms with E-state index in [-0.39, 0.29) is 31.0 Å². The number of ketones is 1. The Bertz CT molecular complexity index is 719. The average molecular weight is 366 g/mol. The number of Topliss-reactive ketones (excluding diaryl/α,β-unsaturated/α-hetero) is 1. The van der Waals surface area contributed by atoms with E-state index >= 15 is 4.39 Å². The van der Waals surface area contributed by atoms with Gasteiger partial charge in [-0.1, -0.05) is 25.5 Å². The van der Waals surface area contributed by atoms with Crippen LogP contribution in [-0.2, 0) is 9.59 Å². The molecule has 7 atom stereocenters. The maximum atomic E-state index is 16.7. The van der Waals surface area contributed by atoms with Crippen LogP contribution in [0.25, 0.3) is 0 Å². The number of carboxylic acid groups (broad SMARTS) is 1. The predicted octanol–water partition coefficient (Wildman–Crippen LogP) is 2.40. The lowest BCUT2D eigenvalue weighted by Gasteiger charge is -2.62. The number of halogens is 1. The first-order valence-electron chi connectivity index (χ1n) is 9.54. The molecule has 144 valence electrons. The largest absolute Gasteiger partial charge is 0.479 e. The second-order valence-electron chi connectivity index (χ2n) is 9.34. The molecule has 0 aromatic heterocycles. The summed E-state index contributed by atoms with van der Waals surface area (Å²) < 4.78 is 16.7. The molecule has 0 spiro atoms. The number of aliphatic hydroxyl groups excluding tert-OH is 1. The second-order valence-corrected chi connectivity index (χ2v) is 9.34. The van der Waals surface area contributed by atoms with Crippen LogP contribution in [0.5, 0.6) is 0 Å². The zero-order valence-electron chi connectivity index (χ0n) is 15.3. The van der Waals surface area contributed by atoms with Crippen LogP contribution in [0.1, 0.15) is 58.8 Å². The maximum Gasteiger partial charge on any atom is 0.336 e. The van der Waals surface area contributed by atoms with E-state index in [9.17, 15) is 24.9 Å². The number of carbonyl (C=O) groups is 2. The number of hydrogen-bond donors (Lipinski definition) is 3. The molecule has 0 radical (unpaired) electrons. The zero-order chi connectivity index (χ0) is 19.1. The number of aliphatic hydroxyl groups is 2. The number of allylic oxidation sites excluding steroid dienone is 2. The van der Waals surface area contributed by atoms with Gasteiger partial charge in [-0.3, -0.25) is 4.79 Å². The number of rotatable bonds is 1. The Labute approximate surface area is 152 Å². The fourth-order valence-corrected chi connectivity index (χ4v) is 6.84. The first-order chi connectivity index (χ1) is 12.0. The summed E-state index contributed by atoms with van der Waals surface area (Å²) in [5.74, 6) is -2.05. The monoisotopic (exact) mass is 366 g/mol. The van der Waals surface area contributed by atoms with Crippen molar-refractivity contribution in [3.05, 3.63) is 11.6 Å². The van der Waals surface area contributed by atoms with Crippen LogP contribution in [0.3, 0.4) is 0 Å². The molecule has 4 rings (SSSR count). The van der Waals surface area contributed by atoms with Crippen molar-refractivity contribution >= 4 is 11.8 Å². The molecule has 0 aliphatic heterocycles. The standard InChI is InChI=1S/C20H27FO5/c1-17-7-5-12(22)9-11(17)3-4-14-13-6-8-19(26,16(24)25)18(13,2)10-15(23)20(14,17)21/h3,13-15,23,26H,4-10H2,1-2H3,(H,24,25)/t13-,14-,15-,17-,18-,19-,20-/m0/s1. The minimum atomic E-state index is -1.94. The fourth-order valence-electron chi connectivity index (χ4n) is 6.84. The number of hydrogen-bond acceptors (Lipinski definition) is 4. The summed E-state index contributed by atoms with van der Waals surface area (Å²) in [6.45, 7) is 3.50. The van der Waals surface area contributed by atoms with Crippen LogP contribution in [0, 0.1) is 22.7 Å². The molecule has 3 fully saturated rings. The third-order valence-corrected chi connectivity index (χ3v) is 8.53. The van der Waals surface area contributed by atoms with Crippen LogP contribution in [0.2, 0.25) is 0 Å². The number of carboxylic acids is 1. The van der Waals surface area contributed by atoms with Crippen LogP contribution in [-0.4, -0.2) is 44.4 Å². The predicted molar refractivity (Wildman–Crippen MR) is 91.0 cm³/mol. The summed E-state index contributed by atoms with van der Waals surface area (Å²) in [6.07, 6.45) is 2.30. The van der Waals surface area contributed by atoms with E-state index in [1.54, 1.807) is 6.92 Å². The van der Waals surface area contributed by atoms with E-state index in [4.69, 9.17) is 0 Å². The Balaban J connectivity index is 1.82. The molecule has 0 bridgehead atoms. The topological polar surface area (TPSA) is 94.8 Å². The van der Waals surface area contributed by atoms with Crippen molar-refractivity contribution < 1.29 is 29.3 Å². The Morgan fingerprint density at radius 1 is 1.27 bits per heavy atom. The average Bonchev–Trinajstić information content (AvgIpc) is 2.83. The SMILES string of the molecule is C[C@]12CCC(=O)CC1=CC[C@H]1[C@@H]3CC[C@](O)(C(=O)O)[C@@]3(C)C[C@H](O)[C@@]12F. The number of alkyl halides is 1. The maximum absolute atomic E-state index is 16.7. The van der Waals surface area contributed by atoms with Gasteiger partial charge in [0.25, 0.3) is 0 Å². The summed E-state index contributed by atoms with van der Waals surface area (Å²) in [6, 6.07) is 0. The van der Waals surface area contributed by atoms with E-state index in [0.717, 1.165) is 5.57 Å². The van der Waals surface area contributed by atoms with Crippen molar-refractivity contribution in [2.45, 2.75) is 76.2 Å². The smallest absolute Gasteiger partial charge is 0.336 e. The summed E-state index contributed by atoms with van der Waals surface area (Å²) >= 11 is 0. The first-order valence-corrected chi connectivity index (χ1v) is 9.54.